The third-order valence-corrected chi connectivity index (χ3v) is 3.63. The van der Waals surface area contributed by atoms with E-state index in [2.05, 4.69) is 25.8 Å². The van der Waals surface area contributed by atoms with E-state index in [1.54, 1.807) is 6.07 Å². The molecule has 0 atom stereocenters. The number of thiazole rings is 1. The quantitative estimate of drug-likeness (QED) is 0.568. The van der Waals surface area contributed by atoms with Crippen molar-refractivity contribution >= 4 is 43.2 Å². The molecule has 0 fully saturated rings. The smallest absolute Gasteiger partial charge is 0.191 e. The van der Waals surface area contributed by atoms with Crippen molar-refractivity contribution in [2.45, 2.75) is 5.33 Å². The molecule has 0 aliphatic heterocycles. The van der Waals surface area contributed by atoms with Gasteiger partial charge in [-0.3, -0.25) is 0 Å². The first kappa shape index (κ1) is 9.56. The monoisotopic (exact) mass is 270 g/mol. The molecule has 0 spiro atoms. The Bertz CT molecular complexity index is 529. The SMILES string of the molecule is [C-]#[N+]c1cc(F)c2nc(CBr)sc2c1. The minimum absolute atomic E-state index is 0.319. The first-order chi connectivity index (χ1) is 6.74. The van der Waals surface area contributed by atoms with E-state index in [9.17, 15) is 4.39 Å². The maximum absolute atomic E-state index is 13.4. The summed E-state index contributed by atoms with van der Waals surface area (Å²) in [6, 6.07) is 2.88. The average molecular weight is 271 g/mol. The van der Waals surface area contributed by atoms with Crippen LogP contribution in [0.3, 0.4) is 0 Å². The van der Waals surface area contributed by atoms with E-state index < -0.39 is 5.82 Å². The highest BCUT2D eigenvalue weighted by Gasteiger charge is 2.09. The second kappa shape index (κ2) is 3.64. The third kappa shape index (κ3) is 1.51. The molecular formula is C9H4BrFN2S. The van der Waals surface area contributed by atoms with Gasteiger partial charge in [-0.2, -0.15) is 0 Å². The summed E-state index contributed by atoms with van der Waals surface area (Å²) in [7, 11) is 0. The molecule has 0 amide bonds. The first-order valence-electron chi connectivity index (χ1n) is 3.77. The van der Waals surface area contributed by atoms with Crippen molar-refractivity contribution in [3.63, 3.8) is 0 Å². The molecule has 70 valence electrons. The zero-order chi connectivity index (χ0) is 10.1. The van der Waals surface area contributed by atoms with Crippen LogP contribution in [0.1, 0.15) is 5.01 Å². The molecule has 1 heterocycles. The molecule has 0 aliphatic carbocycles. The van der Waals surface area contributed by atoms with Crippen LogP contribution >= 0.6 is 27.3 Å². The Kier molecular flexibility index (Phi) is 2.48. The normalized spacial score (nSPS) is 10.4. The molecule has 0 saturated carbocycles. The molecule has 5 heteroatoms. The van der Waals surface area contributed by atoms with Crippen LogP contribution in [-0.2, 0) is 5.33 Å². The van der Waals surface area contributed by atoms with Crippen molar-refractivity contribution in [1.82, 2.24) is 4.98 Å². The lowest BCUT2D eigenvalue weighted by Gasteiger charge is -1.91. The Morgan fingerprint density at radius 1 is 1.57 bits per heavy atom. The minimum Gasteiger partial charge on any atom is -0.238 e. The molecule has 0 bridgehead atoms. The molecule has 2 aromatic rings. The number of hydrogen-bond donors (Lipinski definition) is 0. The van der Waals surface area contributed by atoms with Crippen LogP contribution in [0.15, 0.2) is 12.1 Å². The number of halogens is 2. The van der Waals surface area contributed by atoms with Crippen molar-refractivity contribution in [2.24, 2.45) is 0 Å². The van der Waals surface area contributed by atoms with Crippen LogP contribution in [-0.4, -0.2) is 4.98 Å². The fourth-order valence-corrected chi connectivity index (χ4v) is 2.48. The molecular weight excluding hydrogens is 267 g/mol. The van der Waals surface area contributed by atoms with Gasteiger partial charge in [-0.05, 0) is 12.1 Å². The summed E-state index contributed by atoms with van der Waals surface area (Å²) in [5.74, 6) is -0.419. The van der Waals surface area contributed by atoms with Gasteiger partial charge in [0.1, 0.15) is 16.3 Å². The highest BCUT2D eigenvalue weighted by atomic mass is 79.9. The van der Waals surface area contributed by atoms with E-state index in [1.165, 1.54) is 17.4 Å². The largest absolute Gasteiger partial charge is 0.238 e. The summed E-state index contributed by atoms with van der Waals surface area (Å²) in [5.41, 5.74) is 0.677. The molecule has 14 heavy (non-hydrogen) atoms. The van der Waals surface area contributed by atoms with Gasteiger partial charge >= 0.3 is 0 Å². The molecule has 1 aromatic heterocycles. The van der Waals surface area contributed by atoms with E-state index in [4.69, 9.17) is 6.57 Å². The number of rotatable bonds is 1. The number of aromatic nitrogens is 1. The second-order valence-electron chi connectivity index (χ2n) is 2.63. The summed E-state index contributed by atoms with van der Waals surface area (Å²) in [4.78, 5) is 7.29. The predicted octanol–water partition coefficient (Wildman–Crippen LogP) is 3.88. The maximum atomic E-state index is 13.4. The summed E-state index contributed by atoms with van der Waals surface area (Å²) < 4.78 is 14.1. The highest BCUT2D eigenvalue weighted by Crippen LogP contribution is 2.29. The van der Waals surface area contributed by atoms with Gasteiger partial charge in [0.25, 0.3) is 0 Å². The number of nitrogens with zero attached hydrogens (tertiary/aromatic N) is 2. The summed E-state index contributed by atoms with van der Waals surface area (Å²) in [6.45, 7) is 6.80. The van der Waals surface area contributed by atoms with Crippen molar-refractivity contribution in [3.8, 4) is 0 Å². The zero-order valence-corrected chi connectivity index (χ0v) is 9.32. The van der Waals surface area contributed by atoms with Crippen LogP contribution < -0.4 is 0 Å². The fourth-order valence-electron chi connectivity index (χ4n) is 1.14. The Morgan fingerprint density at radius 2 is 2.36 bits per heavy atom. The van der Waals surface area contributed by atoms with Gasteiger partial charge in [0.2, 0.25) is 0 Å². The van der Waals surface area contributed by atoms with Gasteiger partial charge in [-0.25, -0.2) is 14.2 Å². The van der Waals surface area contributed by atoms with E-state index >= 15 is 0 Å². The lowest BCUT2D eigenvalue weighted by atomic mass is 10.3. The second-order valence-corrected chi connectivity index (χ2v) is 4.30. The molecule has 2 nitrogen and oxygen atoms in total. The molecule has 0 unspecified atom stereocenters. The highest BCUT2D eigenvalue weighted by molar-refractivity contribution is 9.08. The Labute approximate surface area is 92.3 Å². The number of hydrogen-bond acceptors (Lipinski definition) is 2. The molecule has 1 aromatic carbocycles. The van der Waals surface area contributed by atoms with Gasteiger partial charge in [-0.1, -0.05) is 15.9 Å². The standard InChI is InChI=1S/C9H4BrFN2S/c1-12-5-2-6(11)9-7(3-5)14-8(4-10)13-9/h2-3H,4H2. The lowest BCUT2D eigenvalue weighted by molar-refractivity contribution is 0.638. The Hall–Kier alpha value is -0.990. The summed E-state index contributed by atoms with van der Waals surface area (Å²) >= 11 is 4.66. The van der Waals surface area contributed by atoms with Gasteiger partial charge in [0, 0.05) is 4.70 Å². The van der Waals surface area contributed by atoms with Gasteiger partial charge in [0.15, 0.2) is 5.69 Å². The fraction of sp³-hybridized carbons (Fsp3) is 0.111. The Balaban J connectivity index is 2.75. The van der Waals surface area contributed by atoms with Gasteiger partial charge in [-0.15, -0.1) is 11.3 Å². The summed E-state index contributed by atoms with van der Waals surface area (Å²) in [6.07, 6.45) is 0. The van der Waals surface area contributed by atoms with E-state index in [0.29, 0.717) is 16.5 Å². The predicted molar refractivity (Wildman–Crippen MR) is 58.5 cm³/mol. The molecule has 0 radical (unpaired) electrons. The van der Waals surface area contributed by atoms with Crippen molar-refractivity contribution in [3.05, 3.63) is 34.4 Å². The van der Waals surface area contributed by atoms with Crippen molar-refractivity contribution in [1.29, 1.82) is 0 Å². The average Bonchev–Trinajstić information content (AvgIpc) is 2.61. The zero-order valence-electron chi connectivity index (χ0n) is 6.92. The number of alkyl halides is 1. The van der Waals surface area contributed by atoms with Crippen molar-refractivity contribution < 1.29 is 4.39 Å². The molecule has 0 saturated heterocycles. The summed E-state index contributed by atoms with van der Waals surface area (Å²) in [5, 5.41) is 1.43. The van der Waals surface area contributed by atoms with E-state index in [0.717, 1.165) is 9.71 Å². The Morgan fingerprint density at radius 3 is 3.00 bits per heavy atom. The molecule has 0 aliphatic rings. The number of benzene rings is 1. The van der Waals surface area contributed by atoms with Crippen LogP contribution in [0, 0.1) is 12.4 Å². The van der Waals surface area contributed by atoms with Crippen molar-refractivity contribution in [2.75, 3.05) is 0 Å². The van der Waals surface area contributed by atoms with Crippen LogP contribution in [0.25, 0.3) is 15.1 Å². The van der Waals surface area contributed by atoms with E-state index in [1.807, 2.05) is 0 Å². The van der Waals surface area contributed by atoms with Gasteiger partial charge < -0.3 is 0 Å². The van der Waals surface area contributed by atoms with Crippen LogP contribution in [0.4, 0.5) is 10.1 Å². The lowest BCUT2D eigenvalue weighted by Crippen LogP contribution is -1.78. The van der Waals surface area contributed by atoms with Crippen LogP contribution in [0.5, 0.6) is 0 Å². The topological polar surface area (TPSA) is 17.2 Å². The molecule has 0 N–H and O–H groups in total. The molecule has 2 rings (SSSR count). The minimum atomic E-state index is -0.419. The maximum Gasteiger partial charge on any atom is 0.191 e. The van der Waals surface area contributed by atoms with E-state index in [-0.39, 0.29) is 0 Å². The number of fused-ring (bicyclic) bond motifs is 1. The third-order valence-electron chi connectivity index (χ3n) is 1.72. The van der Waals surface area contributed by atoms with Gasteiger partial charge in [0.05, 0.1) is 11.9 Å². The van der Waals surface area contributed by atoms with Crippen LogP contribution in [0.2, 0.25) is 0 Å². The first-order valence-corrected chi connectivity index (χ1v) is 5.71.